The van der Waals surface area contributed by atoms with Gasteiger partial charge in [-0.1, -0.05) is 5.10 Å². The molecule has 0 aliphatic carbocycles. The number of ether oxygens (including phenoxy) is 1. The van der Waals surface area contributed by atoms with E-state index in [0.29, 0.717) is 5.56 Å². The molecule has 14 heavy (non-hydrogen) atoms. The Morgan fingerprint density at radius 3 is 2.93 bits per heavy atom. The third-order valence-corrected chi connectivity index (χ3v) is 2.21. The van der Waals surface area contributed by atoms with E-state index in [1.165, 1.54) is 13.3 Å². The number of rotatable bonds is 4. The summed E-state index contributed by atoms with van der Waals surface area (Å²) in [6.45, 7) is 1.81. The van der Waals surface area contributed by atoms with Gasteiger partial charge < -0.3 is 20.6 Å². The maximum atomic E-state index is 10.6. The van der Waals surface area contributed by atoms with Gasteiger partial charge in [0.15, 0.2) is 0 Å². The zero-order valence-corrected chi connectivity index (χ0v) is 7.98. The van der Waals surface area contributed by atoms with E-state index in [4.69, 9.17) is 10.5 Å². The number of nitrogens with one attached hydrogen (secondary N) is 1. The number of hydrogen-bond donors (Lipinski definition) is 2. The molecule has 0 aliphatic rings. The summed E-state index contributed by atoms with van der Waals surface area (Å²) in [6.07, 6.45) is 1.36. The van der Waals surface area contributed by atoms with Crippen molar-refractivity contribution in [3.8, 4) is 0 Å². The summed E-state index contributed by atoms with van der Waals surface area (Å²) in [5.74, 6) is -0.181. The number of H-pyrrole nitrogens is 1. The third kappa shape index (κ3) is 1.59. The van der Waals surface area contributed by atoms with E-state index in [1.807, 2.05) is 0 Å². The van der Waals surface area contributed by atoms with Gasteiger partial charge in [0.1, 0.15) is 11.2 Å². The lowest BCUT2D eigenvalue weighted by Crippen LogP contribution is -2.33. The zero-order chi connectivity index (χ0) is 10.8. The molecule has 0 spiro atoms. The van der Waals surface area contributed by atoms with Crippen LogP contribution in [0.5, 0.6) is 0 Å². The van der Waals surface area contributed by atoms with Crippen LogP contribution in [0.3, 0.4) is 0 Å². The highest BCUT2D eigenvalue weighted by molar-refractivity contribution is 5.35. The van der Waals surface area contributed by atoms with Gasteiger partial charge in [0.25, 0.3) is 0 Å². The number of nitro groups is 1. The molecule has 0 aromatic carbocycles. The van der Waals surface area contributed by atoms with Crippen LogP contribution in [0.1, 0.15) is 12.5 Å². The first-order valence-electron chi connectivity index (χ1n) is 3.98. The summed E-state index contributed by atoms with van der Waals surface area (Å²) >= 11 is 0. The topological polar surface area (TPSA) is 107 Å². The summed E-state index contributed by atoms with van der Waals surface area (Å²) in [6, 6.07) is 0. The first-order valence-corrected chi connectivity index (χ1v) is 3.98. The summed E-state index contributed by atoms with van der Waals surface area (Å²) in [4.78, 5) is 10.1. The van der Waals surface area contributed by atoms with Gasteiger partial charge >= 0.3 is 5.82 Å². The van der Waals surface area contributed by atoms with Crippen LogP contribution in [0.2, 0.25) is 0 Å². The van der Waals surface area contributed by atoms with Gasteiger partial charge in [-0.05, 0) is 11.8 Å². The molecular formula is C7H12N4O3. The highest BCUT2D eigenvalue weighted by Gasteiger charge is 2.33. The molecule has 0 radical (unpaired) electrons. The van der Waals surface area contributed by atoms with Gasteiger partial charge in [-0.25, -0.2) is 0 Å². The Kier molecular flexibility index (Phi) is 2.82. The molecule has 1 aromatic rings. The Balaban J connectivity index is 3.17. The normalized spacial score (nSPS) is 15.1. The van der Waals surface area contributed by atoms with Gasteiger partial charge in [0.2, 0.25) is 0 Å². The minimum Gasteiger partial charge on any atom is -0.372 e. The lowest BCUT2D eigenvalue weighted by atomic mass is 9.98. The highest BCUT2D eigenvalue weighted by atomic mass is 16.6. The molecular weight excluding hydrogens is 188 g/mol. The molecule has 7 nitrogen and oxygen atoms in total. The molecule has 1 aromatic heterocycles. The van der Waals surface area contributed by atoms with Crippen LogP contribution < -0.4 is 5.73 Å². The van der Waals surface area contributed by atoms with E-state index in [-0.39, 0.29) is 12.4 Å². The molecule has 1 atom stereocenters. The maximum Gasteiger partial charge on any atom is 0.348 e. The van der Waals surface area contributed by atoms with Crippen LogP contribution in [0.15, 0.2) is 6.20 Å². The van der Waals surface area contributed by atoms with Crippen molar-refractivity contribution in [2.75, 3.05) is 13.7 Å². The van der Waals surface area contributed by atoms with Crippen molar-refractivity contribution >= 4 is 5.82 Å². The fraction of sp³-hybridized carbons (Fsp3) is 0.571. The van der Waals surface area contributed by atoms with Crippen LogP contribution in [-0.2, 0) is 10.3 Å². The molecule has 0 saturated carbocycles. The van der Waals surface area contributed by atoms with Gasteiger partial charge in [-0.15, -0.1) is 5.10 Å². The summed E-state index contributed by atoms with van der Waals surface area (Å²) in [7, 11) is 1.45. The second-order valence-electron chi connectivity index (χ2n) is 3.03. The van der Waals surface area contributed by atoms with Crippen molar-refractivity contribution in [3.63, 3.8) is 0 Å². The molecule has 0 amide bonds. The lowest BCUT2D eigenvalue weighted by Gasteiger charge is -2.24. The van der Waals surface area contributed by atoms with E-state index in [1.54, 1.807) is 6.92 Å². The monoisotopic (exact) mass is 200 g/mol. The SMILES string of the molecule is COC(C)(CN)c1cn[nH]c1[N+](=O)[O-]. The molecule has 1 rings (SSSR count). The molecule has 7 heteroatoms. The Bertz CT molecular complexity index is 331. The molecule has 78 valence electrons. The second-order valence-corrected chi connectivity index (χ2v) is 3.03. The molecule has 0 bridgehead atoms. The Hall–Kier alpha value is -1.47. The van der Waals surface area contributed by atoms with Crippen molar-refractivity contribution in [3.05, 3.63) is 21.9 Å². The number of nitrogens with two attached hydrogens (primary N) is 1. The molecule has 0 aliphatic heterocycles. The predicted octanol–water partition coefficient (Wildman–Crippen LogP) is 0.138. The number of nitrogens with zero attached hydrogens (tertiary/aromatic N) is 2. The summed E-state index contributed by atoms with van der Waals surface area (Å²) in [5, 5.41) is 16.5. The average Bonchev–Trinajstić information content (AvgIpc) is 2.65. The van der Waals surface area contributed by atoms with Gasteiger partial charge in [-0.3, -0.25) is 0 Å². The molecule has 1 unspecified atom stereocenters. The van der Waals surface area contributed by atoms with Crippen LogP contribution >= 0.6 is 0 Å². The molecule has 3 N–H and O–H groups in total. The summed E-state index contributed by atoms with van der Waals surface area (Å²) < 4.78 is 5.13. The van der Waals surface area contributed by atoms with Crippen LogP contribution in [0, 0.1) is 10.1 Å². The Morgan fingerprint density at radius 1 is 1.86 bits per heavy atom. The van der Waals surface area contributed by atoms with Crippen LogP contribution in [0.4, 0.5) is 5.82 Å². The van der Waals surface area contributed by atoms with Gasteiger partial charge in [-0.2, -0.15) is 0 Å². The first kappa shape index (κ1) is 10.6. The Morgan fingerprint density at radius 2 is 2.50 bits per heavy atom. The third-order valence-electron chi connectivity index (χ3n) is 2.21. The lowest BCUT2D eigenvalue weighted by molar-refractivity contribution is -0.391. The molecule has 0 saturated heterocycles. The van der Waals surface area contributed by atoms with Gasteiger partial charge in [0, 0.05) is 13.7 Å². The van der Waals surface area contributed by atoms with Crippen molar-refractivity contribution in [2.24, 2.45) is 5.73 Å². The van der Waals surface area contributed by atoms with Crippen LogP contribution in [0.25, 0.3) is 0 Å². The average molecular weight is 200 g/mol. The van der Waals surface area contributed by atoms with Gasteiger partial charge in [0.05, 0.1) is 6.20 Å². The maximum absolute atomic E-state index is 10.6. The minimum atomic E-state index is -0.880. The first-order chi connectivity index (χ1) is 6.55. The fourth-order valence-corrected chi connectivity index (χ4v) is 1.11. The molecule has 0 fully saturated rings. The zero-order valence-electron chi connectivity index (χ0n) is 7.98. The highest BCUT2D eigenvalue weighted by Crippen LogP contribution is 2.29. The number of methoxy groups -OCH3 is 1. The van der Waals surface area contributed by atoms with Crippen molar-refractivity contribution < 1.29 is 9.66 Å². The number of hydrogen-bond acceptors (Lipinski definition) is 5. The smallest absolute Gasteiger partial charge is 0.348 e. The van der Waals surface area contributed by atoms with Crippen molar-refractivity contribution in [1.82, 2.24) is 10.2 Å². The quantitative estimate of drug-likeness (QED) is 0.531. The largest absolute Gasteiger partial charge is 0.372 e. The standard InChI is InChI=1S/C7H12N4O3/c1-7(4-8,14-2)5-3-9-10-6(5)11(12)13/h3H,4,8H2,1-2H3,(H,9,10). The van der Waals surface area contributed by atoms with Crippen LogP contribution in [-0.4, -0.2) is 28.8 Å². The van der Waals surface area contributed by atoms with E-state index in [0.717, 1.165) is 0 Å². The second kappa shape index (κ2) is 3.72. The minimum absolute atomic E-state index is 0.143. The predicted molar refractivity (Wildman–Crippen MR) is 48.7 cm³/mol. The fourth-order valence-electron chi connectivity index (χ4n) is 1.11. The number of aromatic amines is 1. The number of aromatic nitrogens is 2. The summed E-state index contributed by atoms with van der Waals surface area (Å²) in [5.41, 5.74) is 4.96. The van der Waals surface area contributed by atoms with E-state index >= 15 is 0 Å². The van der Waals surface area contributed by atoms with E-state index < -0.39 is 10.5 Å². The Labute approximate surface area is 80.4 Å². The van der Waals surface area contributed by atoms with Crippen molar-refractivity contribution in [1.29, 1.82) is 0 Å². The van der Waals surface area contributed by atoms with E-state index in [2.05, 4.69) is 10.2 Å². The van der Waals surface area contributed by atoms with Crippen molar-refractivity contribution in [2.45, 2.75) is 12.5 Å². The van der Waals surface area contributed by atoms with E-state index in [9.17, 15) is 10.1 Å². The molecule has 1 heterocycles.